The normalized spacial score (nSPS) is 28.2. The standard InChI is InChI=1S/C13H22N2O3/c1-2-18-13(17)11-7-3-4-9-15(11)12(16)10-6-5-8-14-10/h10-11,14H,2-9H2,1H3. The van der Waals surface area contributed by atoms with Gasteiger partial charge >= 0.3 is 5.97 Å². The second kappa shape index (κ2) is 6.18. The van der Waals surface area contributed by atoms with Crippen LogP contribution >= 0.6 is 0 Å². The van der Waals surface area contributed by atoms with Crippen LogP contribution in [0.4, 0.5) is 0 Å². The topological polar surface area (TPSA) is 58.6 Å². The van der Waals surface area contributed by atoms with Crippen molar-refractivity contribution in [3.05, 3.63) is 0 Å². The fraction of sp³-hybridized carbons (Fsp3) is 0.846. The molecule has 2 saturated heterocycles. The van der Waals surface area contributed by atoms with Crippen LogP contribution in [0.15, 0.2) is 0 Å². The number of carbonyl (C=O) groups excluding carboxylic acids is 2. The Hall–Kier alpha value is -1.10. The van der Waals surface area contributed by atoms with Crippen molar-refractivity contribution >= 4 is 11.9 Å². The molecular formula is C13H22N2O3. The minimum absolute atomic E-state index is 0.0743. The van der Waals surface area contributed by atoms with Crippen molar-refractivity contribution in [1.82, 2.24) is 10.2 Å². The summed E-state index contributed by atoms with van der Waals surface area (Å²) in [6.45, 7) is 3.75. The van der Waals surface area contributed by atoms with Crippen molar-refractivity contribution in [1.29, 1.82) is 0 Å². The lowest BCUT2D eigenvalue weighted by molar-refractivity contribution is -0.157. The van der Waals surface area contributed by atoms with Crippen LogP contribution in [-0.2, 0) is 14.3 Å². The van der Waals surface area contributed by atoms with E-state index >= 15 is 0 Å². The Morgan fingerprint density at radius 1 is 1.28 bits per heavy atom. The van der Waals surface area contributed by atoms with Crippen LogP contribution in [0.2, 0.25) is 0 Å². The first kappa shape index (κ1) is 13.3. The number of ether oxygens (including phenoxy) is 1. The van der Waals surface area contributed by atoms with Gasteiger partial charge in [-0.3, -0.25) is 4.79 Å². The largest absolute Gasteiger partial charge is 0.464 e. The molecule has 0 aliphatic carbocycles. The number of amides is 1. The molecule has 0 saturated carbocycles. The Morgan fingerprint density at radius 3 is 2.78 bits per heavy atom. The van der Waals surface area contributed by atoms with Crippen molar-refractivity contribution < 1.29 is 14.3 Å². The zero-order chi connectivity index (χ0) is 13.0. The van der Waals surface area contributed by atoms with Crippen LogP contribution < -0.4 is 5.32 Å². The predicted molar refractivity (Wildman–Crippen MR) is 67.0 cm³/mol. The zero-order valence-corrected chi connectivity index (χ0v) is 11.0. The summed E-state index contributed by atoms with van der Waals surface area (Å²) in [7, 11) is 0. The molecule has 0 aromatic heterocycles. The van der Waals surface area contributed by atoms with E-state index in [9.17, 15) is 9.59 Å². The van der Waals surface area contributed by atoms with Gasteiger partial charge in [0.2, 0.25) is 5.91 Å². The summed E-state index contributed by atoms with van der Waals surface area (Å²) in [5.74, 6) is -0.172. The summed E-state index contributed by atoms with van der Waals surface area (Å²) in [6.07, 6.45) is 4.62. The Bertz CT molecular complexity index is 313. The average Bonchev–Trinajstić information content (AvgIpc) is 2.92. The maximum atomic E-state index is 12.4. The third-order valence-electron chi connectivity index (χ3n) is 3.70. The molecule has 18 heavy (non-hydrogen) atoms. The Labute approximate surface area is 108 Å². The average molecular weight is 254 g/mol. The van der Waals surface area contributed by atoms with Crippen LogP contribution in [-0.4, -0.2) is 48.6 Å². The summed E-state index contributed by atoms with van der Waals surface area (Å²) >= 11 is 0. The molecule has 5 nitrogen and oxygen atoms in total. The quantitative estimate of drug-likeness (QED) is 0.753. The van der Waals surface area contributed by atoms with Gasteiger partial charge in [-0.1, -0.05) is 0 Å². The molecule has 102 valence electrons. The first-order chi connectivity index (χ1) is 8.74. The molecule has 2 aliphatic rings. The molecular weight excluding hydrogens is 232 g/mol. The monoisotopic (exact) mass is 254 g/mol. The van der Waals surface area contributed by atoms with Crippen LogP contribution in [0.5, 0.6) is 0 Å². The van der Waals surface area contributed by atoms with E-state index in [0.717, 1.165) is 38.6 Å². The van der Waals surface area contributed by atoms with Crippen molar-refractivity contribution in [2.24, 2.45) is 0 Å². The molecule has 5 heteroatoms. The summed E-state index contributed by atoms with van der Waals surface area (Å²) < 4.78 is 5.07. The van der Waals surface area contributed by atoms with E-state index in [-0.39, 0.29) is 24.0 Å². The molecule has 2 atom stereocenters. The highest BCUT2D eigenvalue weighted by Gasteiger charge is 2.36. The number of likely N-dealkylation sites (tertiary alicyclic amines) is 1. The van der Waals surface area contributed by atoms with Gasteiger partial charge in [0.25, 0.3) is 0 Å². The Kier molecular flexibility index (Phi) is 4.58. The Morgan fingerprint density at radius 2 is 2.11 bits per heavy atom. The molecule has 0 spiro atoms. The van der Waals surface area contributed by atoms with Gasteiger partial charge in [0.05, 0.1) is 12.6 Å². The van der Waals surface area contributed by atoms with Crippen LogP contribution in [0, 0.1) is 0 Å². The summed E-state index contributed by atoms with van der Waals surface area (Å²) in [5.41, 5.74) is 0. The third kappa shape index (κ3) is 2.83. The number of nitrogens with one attached hydrogen (secondary N) is 1. The van der Waals surface area contributed by atoms with E-state index in [4.69, 9.17) is 4.74 Å². The minimum atomic E-state index is -0.367. The highest BCUT2D eigenvalue weighted by molar-refractivity contribution is 5.88. The number of hydrogen-bond donors (Lipinski definition) is 1. The first-order valence-electron chi connectivity index (χ1n) is 6.94. The van der Waals surface area contributed by atoms with Gasteiger partial charge < -0.3 is 15.0 Å². The smallest absolute Gasteiger partial charge is 0.328 e. The molecule has 0 bridgehead atoms. The highest BCUT2D eigenvalue weighted by Crippen LogP contribution is 2.21. The molecule has 1 amide bonds. The molecule has 2 unspecified atom stereocenters. The number of esters is 1. The van der Waals surface area contributed by atoms with Crippen molar-refractivity contribution in [2.45, 2.75) is 51.1 Å². The van der Waals surface area contributed by atoms with Gasteiger partial charge in [0, 0.05) is 6.54 Å². The lowest BCUT2D eigenvalue weighted by atomic mass is 10.0. The molecule has 0 aromatic rings. The SMILES string of the molecule is CCOC(=O)C1CCCCN1C(=O)C1CCCN1. The summed E-state index contributed by atoms with van der Waals surface area (Å²) in [4.78, 5) is 26.0. The van der Waals surface area contributed by atoms with Crippen molar-refractivity contribution in [3.8, 4) is 0 Å². The molecule has 0 radical (unpaired) electrons. The second-order valence-corrected chi connectivity index (χ2v) is 4.94. The van der Waals surface area contributed by atoms with Crippen LogP contribution in [0.1, 0.15) is 39.0 Å². The van der Waals surface area contributed by atoms with Crippen LogP contribution in [0.25, 0.3) is 0 Å². The molecule has 2 heterocycles. The maximum Gasteiger partial charge on any atom is 0.328 e. The number of carbonyl (C=O) groups is 2. The maximum absolute atomic E-state index is 12.4. The first-order valence-corrected chi connectivity index (χ1v) is 6.94. The van der Waals surface area contributed by atoms with Crippen molar-refractivity contribution in [2.75, 3.05) is 19.7 Å². The van der Waals surface area contributed by atoms with E-state index in [2.05, 4.69) is 5.32 Å². The van der Waals surface area contributed by atoms with E-state index < -0.39 is 0 Å². The number of nitrogens with zero attached hydrogens (tertiary/aromatic N) is 1. The van der Waals surface area contributed by atoms with Crippen molar-refractivity contribution in [3.63, 3.8) is 0 Å². The molecule has 0 aromatic carbocycles. The van der Waals surface area contributed by atoms with E-state index in [0.29, 0.717) is 13.2 Å². The fourth-order valence-corrected chi connectivity index (χ4v) is 2.77. The van der Waals surface area contributed by atoms with Gasteiger partial charge in [0.15, 0.2) is 0 Å². The Balaban J connectivity index is 2.02. The number of piperidine rings is 1. The third-order valence-corrected chi connectivity index (χ3v) is 3.70. The van der Waals surface area contributed by atoms with E-state index in [1.165, 1.54) is 0 Å². The molecule has 2 aliphatic heterocycles. The van der Waals surface area contributed by atoms with Crippen LogP contribution in [0.3, 0.4) is 0 Å². The van der Waals surface area contributed by atoms with E-state index in [1.807, 2.05) is 0 Å². The zero-order valence-electron chi connectivity index (χ0n) is 11.0. The number of hydrogen-bond acceptors (Lipinski definition) is 4. The highest BCUT2D eigenvalue weighted by atomic mass is 16.5. The second-order valence-electron chi connectivity index (χ2n) is 4.94. The molecule has 2 fully saturated rings. The molecule has 2 rings (SSSR count). The van der Waals surface area contributed by atoms with E-state index in [1.54, 1.807) is 11.8 Å². The van der Waals surface area contributed by atoms with Gasteiger partial charge in [-0.25, -0.2) is 4.79 Å². The van der Waals surface area contributed by atoms with Gasteiger partial charge in [0.1, 0.15) is 6.04 Å². The lowest BCUT2D eigenvalue weighted by Gasteiger charge is -2.35. The van der Waals surface area contributed by atoms with Gasteiger partial charge in [-0.05, 0) is 45.6 Å². The van der Waals surface area contributed by atoms with Gasteiger partial charge in [-0.15, -0.1) is 0 Å². The summed E-state index contributed by atoms with van der Waals surface area (Å²) in [5, 5.41) is 3.20. The van der Waals surface area contributed by atoms with Gasteiger partial charge in [-0.2, -0.15) is 0 Å². The minimum Gasteiger partial charge on any atom is -0.464 e. The molecule has 1 N–H and O–H groups in total. The predicted octanol–water partition coefficient (Wildman–Crippen LogP) is 0.683. The fourth-order valence-electron chi connectivity index (χ4n) is 2.77. The lowest BCUT2D eigenvalue weighted by Crippen LogP contribution is -2.53. The summed E-state index contributed by atoms with van der Waals surface area (Å²) in [6, 6.07) is -0.464. The number of rotatable bonds is 3.